The van der Waals surface area contributed by atoms with Crippen LogP contribution in [-0.2, 0) is 14.8 Å². The van der Waals surface area contributed by atoms with Crippen LogP contribution in [0.15, 0.2) is 48.5 Å². The summed E-state index contributed by atoms with van der Waals surface area (Å²) in [5.74, 6) is -0.771. The van der Waals surface area contributed by atoms with Crippen molar-refractivity contribution in [1.29, 1.82) is 0 Å². The van der Waals surface area contributed by atoms with E-state index in [1.807, 2.05) is 37.3 Å². The Morgan fingerprint density at radius 3 is 2.32 bits per heavy atom. The van der Waals surface area contributed by atoms with E-state index in [9.17, 15) is 13.2 Å². The van der Waals surface area contributed by atoms with Crippen LogP contribution in [-0.4, -0.2) is 20.6 Å². The predicted octanol–water partition coefficient (Wildman–Crippen LogP) is 2.64. The number of sulfonamides is 1. The first kappa shape index (κ1) is 19.0. The van der Waals surface area contributed by atoms with Gasteiger partial charge in [0.25, 0.3) is 0 Å². The Kier molecular flexibility index (Phi) is 5.81. The van der Waals surface area contributed by atoms with Gasteiger partial charge in [0.2, 0.25) is 15.9 Å². The van der Waals surface area contributed by atoms with Gasteiger partial charge in [0.1, 0.15) is 0 Å². The van der Waals surface area contributed by atoms with Crippen LogP contribution in [0.25, 0.3) is 0 Å². The second-order valence-electron chi connectivity index (χ2n) is 6.14. The van der Waals surface area contributed by atoms with Gasteiger partial charge < -0.3 is 11.1 Å². The van der Waals surface area contributed by atoms with E-state index in [0.29, 0.717) is 11.4 Å². The first-order valence-corrected chi connectivity index (χ1v) is 9.76. The number of rotatable bonds is 6. The topological polar surface area (TPSA) is 101 Å². The minimum atomic E-state index is -3.45. The highest BCUT2D eigenvalue weighted by Crippen LogP contribution is 2.26. The number of amides is 1. The van der Waals surface area contributed by atoms with Gasteiger partial charge in [-0.05, 0) is 30.2 Å². The van der Waals surface area contributed by atoms with E-state index >= 15 is 0 Å². The highest BCUT2D eigenvalue weighted by molar-refractivity contribution is 7.92. The Balaban J connectivity index is 2.21. The molecule has 0 aliphatic heterocycles. The normalized spacial score (nSPS) is 13.8. The van der Waals surface area contributed by atoms with Gasteiger partial charge in [0.05, 0.1) is 23.5 Å². The molecule has 2 aromatic carbocycles. The summed E-state index contributed by atoms with van der Waals surface area (Å²) < 4.78 is 25.4. The smallest absolute Gasteiger partial charge is 0.229 e. The molecule has 1 amide bonds. The summed E-state index contributed by atoms with van der Waals surface area (Å²) in [5.41, 5.74) is 8.68. The number of carbonyl (C=O) groups excluding carboxylic acids is 1. The maximum absolute atomic E-state index is 12.6. The summed E-state index contributed by atoms with van der Waals surface area (Å²) in [6.07, 6.45) is 1.06. The number of carbonyl (C=O) groups is 1. The first-order valence-electron chi connectivity index (χ1n) is 7.87. The fourth-order valence-electron chi connectivity index (χ4n) is 2.42. The largest absolute Gasteiger partial charge is 0.324 e. The zero-order chi connectivity index (χ0) is 18.6. The lowest BCUT2D eigenvalue weighted by Gasteiger charge is -2.21. The summed E-state index contributed by atoms with van der Waals surface area (Å²) in [5, 5.41) is 2.78. The number of hydrogen-bond acceptors (Lipinski definition) is 4. The van der Waals surface area contributed by atoms with E-state index < -0.39 is 22.0 Å². The predicted molar refractivity (Wildman–Crippen MR) is 101 cm³/mol. The Labute approximate surface area is 148 Å². The molecule has 0 aliphatic carbocycles. The monoisotopic (exact) mass is 361 g/mol. The molecule has 0 fully saturated rings. The van der Waals surface area contributed by atoms with E-state index in [4.69, 9.17) is 5.73 Å². The van der Waals surface area contributed by atoms with E-state index in [1.165, 1.54) is 0 Å². The first-order chi connectivity index (χ1) is 11.7. The molecule has 0 aromatic heterocycles. The van der Waals surface area contributed by atoms with Gasteiger partial charge in [-0.15, -0.1) is 0 Å². The maximum Gasteiger partial charge on any atom is 0.229 e. The molecule has 6 nitrogen and oxygen atoms in total. The second kappa shape index (κ2) is 7.67. The highest BCUT2D eigenvalue weighted by Gasteiger charge is 2.23. The molecule has 2 atom stereocenters. The minimum absolute atomic E-state index is 0.279. The van der Waals surface area contributed by atoms with Crippen molar-refractivity contribution in [1.82, 2.24) is 0 Å². The average Bonchev–Trinajstić information content (AvgIpc) is 2.55. The van der Waals surface area contributed by atoms with Gasteiger partial charge in [-0.1, -0.05) is 43.3 Å². The zero-order valence-electron chi connectivity index (χ0n) is 14.5. The minimum Gasteiger partial charge on any atom is -0.324 e. The van der Waals surface area contributed by atoms with E-state index in [1.54, 1.807) is 25.1 Å². The number of nitrogens with one attached hydrogen (secondary N) is 2. The molecule has 0 bridgehead atoms. The molecular formula is C18H23N3O3S. The van der Waals surface area contributed by atoms with E-state index in [0.717, 1.165) is 17.4 Å². The standard InChI is InChI=1S/C18H23N3O3S/c1-12-9-10-15(21-25(3,23)24)16(11-12)20-18(22)13(2)17(19)14-7-5-4-6-8-14/h4-11,13,17,21H,19H2,1-3H3,(H,20,22). The number of hydrogen-bond donors (Lipinski definition) is 3. The van der Waals surface area contributed by atoms with Crippen molar-refractivity contribution in [2.75, 3.05) is 16.3 Å². The number of benzene rings is 2. The molecule has 25 heavy (non-hydrogen) atoms. The van der Waals surface area contributed by atoms with Crippen LogP contribution in [0.5, 0.6) is 0 Å². The second-order valence-corrected chi connectivity index (χ2v) is 7.89. The van der Waals surface area contributed by atoms with Crippen LogP contribution in [0.4, 0.5) is 11.4 Å². The Bertz CT molecular complexity index is 851. The summed E-state index contributed by atoms with van der Waals surface area (Å²) in [6, 6.07) is 14.0. The van der Waals surface area contributed by atoms with Gasteiger partial charge in [-0.25, -0.2) is 8.42 Å². The molecule has 0 saturated carbocycles. The molecule has 0 heterocycles. The molecule has 2 rings (SSSR count). The molecule has 0 saturated heterocycles. The van der Waals surface area contributed by atoms with Gasteiger partial charge in [-0.2, -0.15) is 0 Å². The molecule has 4 N–H and O–H groups in total. The van der Waals surface area contributed by atoms with Crippen LogP contribution in [0, 0.1) is 12.8 Å². The summed E-state index contributed by atoms with van der Waals surface area (Å²) in [4.78, 5) is 12.6. The Hall–Kier alpha value is -2.38. The lowest BCUT2D eigenvalue weighted by Crippen LogP contribution is -2.30. The number of aryl methyl sites for hydroxylation is 1. The van der Waals surface area contributed by atoms with Crippen molar-refractivity contribution < 1.29 is 13.2 Å². The molecule has 2 unspecified atom stereocenters. The highest BCUT2D eigenvalue weighted by atomic mass is 32.2. The molecule has 0 radical (unpaired) electrons. The fraction of sp³-hybridized carbons (Fsp3) is 0.278. The van der Waals surface area contributed by atoms with Crippen molar-refractivity contribution in [2.24, 2.45) is 11.7 Å². The summed E-state index contributed by atoms with van der Waals surface area (Å²) in [7, 11) is -3.45. The number of anilines is 2. The Morgan fingerprint density at radius 1 is 1.08 bits per heavy atom. The van der Waals surface area contributed by atoms with Crippen molar-refractivity contribution in [3.63, 3.8) is 0 Å². The Morgan fingerprint density at radius 2 is 1.72 bits per heavy atom. The molecular weight excluding hydrogens is 338 g/mol. The molecule has 0 spiro atoms. The molecule has 0 aliphatic rings. The van der Waals surface area contributed by atoms with Crippen molar-refractivity contribution in [3.8, 4) is 0 Å². The maximum atomic E-state index is 12.6. The van der Waals surface area contributed by atoms with Crippen LogP contribution >= 0.6 is 0 Å². The van der Waals surface area contributed by atoms with Gasteiger partial charge in [0.15, 0.2) is 0 Å². The molecule has 7 heteroatoms. The van der Waals surface area contributed by atoms with Crippen LogP contribution < -0.4 is 15.8 Å². The summed E-state index contributed by atoms with van der Waals surface area (Å²) in [6.45, 7) is 3.60. The van der Waals surface area contributed by atoms with Crippen molar-refractivity contribution in [3.05, 3.63) is 59.7 Å². The van der Waals surface area contributed by atoms with Crippen LogP contribution in [0.2, 0.25) is 0 Å². The van der Waals surface area contributed by atoms with Crippen LogP contribution in [0.3, 0.4) is 0 Å². The third-order valence-corrected chi connectivity index (χ3v) is 4.46. The van der Waals surface area contributed by atoms with E-state index in [-0.39, 0.29) is 5.91 Å². The fourth-order valence-corrected chi connectivity index (χ4v) is 3.00. The zero-order valence-corrected chi connectivity index (χ0v) is 15.3. The molecule has 134 valence electrons. The van der Waals surface area contributed by atoms with Gasteiger partial charge in [-0.3, -0.25) is 9.52 Å². The lowest BCUT2D eigenvalue weighted by molar-refractivity contribution is -0.120. The third kappa shape index (κ3) is 5.30. The number of nitrogens with two attached hydrogens (primary N) is 1. The van der Waals surface area contributed by atoms with Crippen LogP contribution in [0.1, 0.15) is 24.1 Å². The lowest BCUT2D eigenvalue weighted by atomic mass is 9.94. The third-order valence-electron chi connectivity index (χ3n) is 3.87. The SMILES string of the molecule is Cc1ccc(NS(C)(=O)=O)c(NC(=O)C(C)C(N)c2ccccc2)c1. The summed E-state index contributed by atoms with van der Waals surface area (Å²) >= 11 is 0. The van der Waals surface area contributed by atoms with Gasteiger partial charge in [0, 0.05) is 6.04 Å². The van der Waals surface area contributed by atoms with E-state index in [2.05, 4.69) is 10.0 Å². The quantitative estimate of drug-likeness (QED) is 0.736. The van der Waals surface area contributed by atoms with Gasteiger partial charge >= 0.3 is 0 Å². The van der Waals surface area contributed by atoms with Crippen molar-refractivity contribution >= 4 is 27.3 Å². The van der Waals surface area contributed by atoms with Crippen molar-refractivity contribution in [2.45, 2.75) is 19.9 Å². The molecule has 2 aromatic rings. The average molecular weight is 361 g/mol.